The Hall–Kier alpha value is -2.96. The molecule has 1 aromatic rings. The zero-order valence-electron chi connectivity index (χ0n) is 13.5. The summed E-state index contributed by atoms with van der Waals surface area (Å²) < 4.78 is 20.2. The molecule has 1 aliphatic heterocycles. The number of carbonyl (C=O) groups is 2. The Morgan fingerprint density at radius 1 is 1.12 bits per heavy atom. The Morgan fingerprint density at radius 2 is 1.79 bits per heavy atom. The lowest BCUT2D eigenvalue weighted by atomic mass is 10.2. The highest BCUT2D eigenvalue weighted by molar-refractivity contribution is 6.13. The number of carbonyl (C=O) groups excluding carboxylic acids is 2. The van der Waals surface area contributed by atoms with Crippen LogP contribution < -0.4 is 14.8 Å². The van der Waals surface area contributed by atoms with Crippen LogP contribution in [0.15, 0.2) is 36.2 Å². The summed E-state index contributed by atoms with van der Waals surface area (Å²) in [6, 6.07) is 5.48. The second-order valence-electron chi connectivity index (χ2n) is 4.61. The first kappa shape index (κ1) is 17.4. The van der Waals surface area contributed by atoms with Crippen molar-refractivity contribution in [1.29, 1.82) is 0 Å². The third kappa shape index (κ3) is 4.52. The maximum absolute atomic E-state index is 11.8. The van der Waals surface area contributed by atoms with E-state index in [4.69, 9.17) is 18.9 Å². The highest BCUT2D eigenvalue weighted by Crippen LogP contribution is 2.32. The number of fused-ring (bicyclic) bond motifs is 1. The molecule has 1 heterocycles. The summed E-state index contributed by atoms with van der Waals surface area (Å²) in [6.45, 7) is 3.87. The largest absolute Gasteiger partial charge is 0.462 e. The molecule has 0 aromatic heterocycles. The van der Waals surface area contributed by atoms with Crippen molar-refractivity contribution in [3.05, 3.63) is 41.7 Å². The molecule has 1 N–H and O–H groups in total. The van der Waals surface area contributed by atoms with Gasteiger partial charge in [0.05, 0.1) is 13.2 Å². The van der Waals surface area contributed by atoms with Crippen LogP contribution in [0.5, 0.6) is 11.5 Å². The van der Waals surface area contributed by atoms with Crippen LogP contribution in [0.25, 0.3) is 6.08 Å². The van der Waals surface area contributed by atoms with Gasteiger partial charge in [-0.25, -0.2) is 9.59 Å². The highest BCUT2D eigenvalue weighted by Gasteiger charge is 2.20. The maximum Gasteiger partial charge on any atom is 0.347 e. The molecule has 0 aliphatic carbocycles. The summed E-state index contributed by atoms with van der Waals surface area (Å²) in [6.07, 6.45) is 4.59. The smallest absolute Gasteiger partial charge is 0.347 e. The van der Waals surface area contributed by atoms with Crippen molar-refractivity contribution in [3.63, 3.8) is 0 Å². The van der Waals surface area contributed by atoms with Gasteiger partial charge in [-0.15, -0.1) is 0 Å². The van der Waals surface area contributed by atoms with Crippen molar-refractivity contribution in [2.45, 2.75) is 13.8 Å². The number of hydrogen-bond donors (Lipinski definition) is 1. The second kappa shape index (κ2) is 8.61. The Balaban J connectivity index is 2.02. The summed E-state index contributed by atoms with van der Waals surface area (Å²) in [4.78, 5) is 23.5. The van der Waals surface area contributed by atoms with Gasteiger partial charge >= 0.3 is 11.9 Å². The predicted molar refractivity (Wildman–Crippen MR) is 86.1 cm³/mol. The first-order chi connectivity index (χ1) is 11.7. The molecule has 0 atom stereocenters. The fourth-order valence-electron chi connectivity index (χ4n) is 1.91. The summed E-state index contributed by atoms with van der Waals surface area (Å²) in [5, 5.41) is 2.76. The molecule has 7 heteroatoms. The van der Waals surface area contributed by atoms with Gasteiger partial charge in [-0.3, -0.25) is 0 Å². The summed E-state index contributed by atoms with van der Waals surface area (Å²) in [7, 11) is 0. The molecule has 0 bridgehead atoms. The summed E-state index contributed by atoms with van der Waals surface area (Å²) in [5.41, 5.74) is 0.669. The van der Waals surface area contributed by atoms with Crippen LogP contribution in [0.4, 0.5) is 0 Å². The molecule has 7 nitrogen and oxygen atoms in total. The molecule has 24 heavy (non-hydrogen) atoms. The average molecular weight is 333 g/mol. The van der Waals surface area contributed by atoms with E-state index in [1.165, 1.54) is 6.20 Å². The van der Waals surface area contributed by atoms with E-state index in [1.807, 2.05) is 12.1 Å². The third-order valence-electron chi connectivity index (χ3n) is 2.99. The molecule has 0 unspecified atom stereocenters. The Labute approximate surface area is 139 Å². The van der Waals surface area contributed by atoms with E-state index >= 15 is 0 Å². The third-order valence-corrected chi connectivity index (χ3v) is 2.99. The van der Waals surface area contributed by atoms with E-state index in [9.17, 15) is 9.59 Å². The van der Waals surface area contributed by atoms with Crippen molar-refractivity contribution >= 4 is 18.0 Å². The van der Waals surface area contributed by atoms with E-state index in [-0.39, 0.29) is 25.6 Å². The molecular weight excluding hydrogens is 314 g/mol. The Bertz CT molecular complexity index is 645. The van der Waals surface area contributed by atoms with Crippen LogP contribution in [-0.4, -0.2) is 31.9 Å². The monoisotopic (exact) mass is 333 g/mol. The lowest BCUT2D eigenvalue weighted by Crippen LogP contribution is -2.20. The van der Waals surface area contributed by atoms with Crippen LogP contribution in [0.1, 0.15) is 19.4 Å². The number of esters is 2. The molecule has 2 rings (SSSR count). The molecule has 1 aromatic carbocycles. The van der Waals surface area contributed by atoms with Gasteiger partial charge in [0, 0.05) is 12.4 Å². The molecule has 0 saturated heterocycles. The molecule has 0 radical (unpaired) electrons. The zero-order chi connectivity index (χ0) is 17.4. The molecular formula is C17H19NO6. The Kier molecular flexibility index (Phi) is 6.24. The van der Waals surface area contributed by atoms with Crippen molar-refractivity contribution in [1.82, 2.24) is 5.32 Å². The van der Waals surface area contributed by atoms with E-state index in [1.54, 1.807) is 32.2 Å². The van der Waals surface area contributed by atoms with Gasteiger partial charge in [0.2, 0.25) is 6.79 Å². The van der Waals surface area contributed by atoms with E-state index in [0.29, 0.717) is 11.5 Å². The van der Waals surface area contributed by atoms with E-state index in [2.05, 4.69) is 5.32 Å². The van der Waals surface area contributed by atoms with Gasteiger partial charge in [0.25, 0.3) is 0 Å². The molecule has 1 aliphatic rings. The van der Waals surface area contributed by atoms with Crippen LogP contribution in [0.3, 0.4) is 0 Å². The normalized spacial score (nSPS) is 11.9. The summed E-state index contributed by atoms with van der Waals surface area (Å²) >= 11 is 0. The first-order valence-electron chi connectivity index (χ1n) is 7.52. The van der Waals surface area contributed by atoms with Gasteiger partial charge < -0.3 is 24.3 Å². The van der Waals surface area contributed by atoms with Crippen molar-refractivity contribution < 1.29 is 28.5 Å². The van der Waals surface area contributed by atoms with Crippen LogP contribution in [0, 0.1) is 0 Å². The highest BCUT2D eigenvalue weighted by atomic mass is 16.7. The fraction of sp³-hybridized carbons (Fsp3) is 0.294. The van der Waals surface area contributed by atoms with Gasteiger partial charge in [0.1, 0.15) is 0 Å². The molecule has 128 valence electrons. The summed E-state index contributed by atoms with van der Waals surface area (Å²) in [5.74, 6) is -0.0989. The maximum atomic E-state index is 11.8. The van der Waals surface area contributed by atoms with Gasteiger partial charge in [-0.05, 0) is 37.6 Å². The van der Waals surface area contributed by atoms with E-state index in [0.717, 1.165) is 5.56 Å². The lowest BCUT2D eigenvalue weighted by Gasteiger charge is -2.06. The number of hydrogen-bond acceptors (Lipinski definition) is 7. The lowest BCUT2D eigenvalue weighted by molar-refractivity contribution is -0.146. The number of ether oxygens (including phenoxy) is 4. The predicted octanol–water partition coefficient (Wildman–Crippen LogP) is 1.99. The SMILES string of the molecule is CCOC(=O)C(=CN/C=C/c1ccc2c(c1)OCO2)C(=O)OCC. The second-order valence-corrected chi connectivity index (χ2v) is 4.61. The standard InChI is InChI=1S/C17H19NO6/c1-3-21-16(19)13(17(20)22-4-2)10-18-8-7-12-5-6-14-15(9-12)24-11-23-14/h5-10,18H,3-4,11H2,1-2H3/b8-7+. The molecule has 0 fully saturated rings. The number of benzene rings is 1. The average Bonchev–Trinajstić information content (AvgIpc) is 3.02. The quantitative estimate of drug-likeness (QED) is 0.353. The number of nitrogens with one attached hydrogen (secondary N) is 1. The minimum absolute atomic E-state index is 0.169. The number of rotatable bonds is 7. The van der Waals surface area contributed by atoms with Crippen molar-refractivity contribution in [3.8, 4) is 11.5 Å². The van der Waals surface area contributed by atoms with Gasteiger partial charge in [0.15, 0.2) is 17.1 Å². The van der Waals surface area contributed by atoms with Gasteiger partial charge in [-0.2, -0.15) is 0 Å². The minimum Gasteiger partial charge on any atom is -0.462 e. The fourth-order valence-corrected chi connectivity index (χ4v) is 1.91. The molecule has 0 amide bonds. The van der Waals surface area contributed by atoms with Crippen molar-refractivity contribution in [2.24, 2.45) is 0 Å². The molecule has 0 saturated carbocycles. The van der Waals surface area contributed by atoms with Crippen molar-refractivity contribution in [2.75, 3.05) is 20.0 Å². The molecule has 0 spiro atoms. The van der Waals surface area contributed by atoms with Crippen LogP contribution in [0.2, 0.25) is 0 Å². The zero-order valence-corrected chi connectivity index (χ0v) is 13.5. The minimum atomic E-state index is -0.736. The van der Waals surface area contributed by atoms with Crippen LogP contribution in [-0.2, 0) is 19.1 Å². The first-order valence-corrected chi connectivity index (χ1v) is 7.52. The van der Waals surface area contributed by atoms with E-state index < -0.39 is 11.9 Å². The Morgan fingerprint density at radius 3 is 2.46 bits per heavy atom. The van der Waals surface area contributed by atoms with Crippen LogP contribution >= 0.6 is 0 Å². The topological polar surface area (TPSA) is 83.1 Å². The van der Waals surface area contributed by atoms with Gasteiger partial charge in [-0.1, -0.05) is 6.07 Å².